The topological polar surface area (TPSA) is 124 Å². The largest absolute Gasteiger partial charge is 0.496 e. The molecule has 1 spiro atoms. The van der Waals surface area contributed by atoms with Crippen LogP contribution in [-0.4, -0.2) is 62.6 Å². The van der Waals surface area contributed by atoms with Gasteiger partial charge in [0.2, 0.25) is 0 Å². The number of H-pyrrole nitrogens is 1. The number of ketones is 2. The fraction of sp³-hybridized carbons (Fsp3) is 0.370. The zero-order valence-corrected chi connectivity index (χ0v) is 20.4. The number of carbonyl (C=O) groups excluding carboxylic acids is 2. The number of ether oxygens (including phenoxy) is 2. The van der Waals surface area contributed by atoms with Crippen LogP contribution in [-0.2, 0) is 0 Å². The molecule has 2 aromatic heterocycles. The maximum atomic E-state index is 14.3. The molecule has 37 heavy (non-hydrogen) atoms. The summed E-state index contributed by atoms with van der Waals surface area (Å²) in [5, 5.41) is 18.2. The van der Waals surface area contributed by atoms with Gasteiger partial charge < -0.3 is 19.4 Å². The predicted octanol–water partition coefficient (Wildman–Crippen LogP) is 3.36. The summed E-state index contributed by atoms with van der Waals surface area (Å²) in [6.45, 7) is 1.34. The minimum atomic E-state index is -0.975. The number of aromatic amines is 1. The molecule has 3 aliphatic rings. The Kier molecular flexibility index (Phi) is 4.94. The van der Waals surface area contributed by atoms with Gasteiger partial charge in [-0.15, -0.1) is 5.10 Å². The SMILES string of the molecule is COc1cc(C(=O)[C@@H]2C(=O)c3cc(-c4nnn[nH]4)ccc3OC23CCNCC3)cc2c1ccn2C1CC1. The molecule has 2 aromatic carbocycles. The third-order valence-corrected chi connectivity index (χ3v) is 7.92. The molecular formula is C27H26N6O4. The molecule has 1 saturated heterocycles. The summed E-state index contributed by atoms with van der Waals surface area (Å²) >= 11 is 0. The first-order valence-corrected chi connectivity index (χ1v) is 12.6. The van der Waals surface area contributed by atoms with Crippen LogP contribution in [0, 0.1) is 5.92 Å². The van der Waals surface area contributed by atoms with E-state index in [0.717, 1.165) is 23.7 Å². The van der Waals surface area contributed by atoms with Crippen molar-refractivity contribution < 1.29 is 19.1 Å². The lowest BCUT2D eigenvalue weighted by Gasteiger charge is -2.45. The van der Waals surface area contributed by atoms with Crippen molar-refractivity contribution in [1.29, 1.82) is 0 Å². The second-order valence-electron chi connectivity index (χ2n) is 10.1. The number of tetrazole rings is 1. The Morgan fingerprint density at radius 2 is 2.00 bits per heavy atom. The van der Waals surface area contributed by atoms with Gasteiger partial charge in [-0.2, -0.15) is 0 Å². The molecule has 188 valence electrons. The average Bonchev–Trinajstić information content (AvgIpc) is 3.43. The Bertz CT molecular complexity index is 1530. The highest BCUT2D eigenvalue weighted by Gasteiger charge is 2.54. The van der Waals surface area contributed by atoms with Crippen molar-refractivity contribution in [2.24, 2.45) is 5.92 Å². The number of fused-ring (bicyclic) bond motifs is 2. The second-order valence-corrected chi connectivity index (χ2v) is 10.1. The lowest BCUT2D eigenvalue weighted by atomic mass is 9.70. The highest BCUT2D eigenvalue weighted by Crippen LogP contribution is 2.45. The third-order valence-electron chi connectivity index (χ3n) is 7.92. The highest BCUT2D eigenvalue weighted by molar-refractivity contribution is 6.19. The number of nitrogens with one attached hydrogen (secondary N) is 2. The predicted molar refractivity (Wildman–Crippen MR) is 134 cm³/mol. The van der Waals surface area contributed by atoms with E-state index in [4.69, 9.17) is 9.47 Å². The second kappa shape index (κ2) is 8.24. The summed E-state index contributed by atoms with van der Waals surface area (Å²) in [6, 6.07) is 11.4. The van der Waals surface area contributed by atoms with E-state index >= 15 is 0 Å². The first-order chi connectivity index (χ1) is 18.1. The van der Waals surface area contributed by atoms with Crippen LogP contribution in [0.1, 0.15) is 52.4 Å². The van der Waals surface area contributed by atoms with Crippen LogP contribution >= 0.6 is 0 Å². The van der Waals surface area contributed by atoms with Crippen LogP contribution in [0.4, 0.5) is 0 Å². The van der Waals surface area contributed by atoms with Gasteiger partial charge in [0.15, 0.2) is 17.4 Å². The molecule has 4 aromatic rings. The number of hydrogen-bond donors (Lipinski definition) is 2. The average molecular weight is 499 g/mol. The van der Waals surface area contributed by atoms with Crippen molar-refractivity contribution in [3.8, 4) is 22.9 Å². The lowest BCUT2D eigenvalue weighted by Crippen LogP contribution is -2.58. The Hall–Kier alpha value is -4.05. The lowest BCUT2D eigenvalue weighted by molar-refractivity contribution is -0.0138. The summed E-state index contributed by atoms with van der Waals surface area (Å²) in [6.07, 6.45) is 5.41. The number of piperidine rings is 1. The minimum Gasteiger partial charge on any atom is -0.496 e. The van der Waals surface area contributed by atoms with Gasteiger partial charge in [0.05, 0.1) is 18.2 Å². The number of rotatable bonds is 5. The number of Topliss-reactive ketones (excluding diaryl/α,β-unsaturated/α-hetero) is 2. The summed E-state index contributed by atoms with van der Waals surface area (Å²) in [5.41, 5.74) is 1.52. The number of benzene rings is 2. The van der Waals surface area contributed by atoms with Crippen molar-refractivity contribution in [3.05, 3.63) is 53.7 Å². The van der Waals surface area contributed by atoms with Crippen molar-refractivity contribution in [1.82, 2.24) is 30.5 Å². The minimum absolute atomic E-state index is 0.237. The maximum Gasteiger partial charge on any atom is 0.181 e. The van der Waals surface area contributed by atoms with Gasteiger partial charge in [-0.3, -0.25) is 9.59 Å². The molecule has 1 saturated carbocycles. The molecule has 1 aliphatic carbocycles. The fourth-order valence-electron chi connectivity index (χ4n) is 5.89. The molecule has 0 unspecified atom stereocenters. The Morgan fingerprint density at radius 1 is 1.16 bits per heavy atom. The van der Waals surface area contributed by atoms with Crippen molar-refractivity contribution in [2.75, 3.05) is 20.2 Å². The Labute approximate surface area is 212 Å². The molecule has 10 nitrogen and oxygen atoms in total. The molecule has 0 radical (unpaired) electrons. The zero-order valence-electron chi connectivity index (χ0n) is 20.4. The molecule has 0 amide bonds. The van der Waals surface area contributed by atoms with E-state index in [-0.39, 0.29) is 11.6 Å². The molecule has 0 bridgehead atoms. The van der Waals surface area contributed by atoms with Crippen molar-refractivity contribution >= 4 is 22.5 Å². The molecular weight excluding hydrogens is 472 g/mol. The van der Waals surface area contributed by atoms with Gasteiger partial charge in [-0.05, 0) is 72.8 Å². The van der Waals surface area contributed by atoms with E-state index in [9.17, 15) is 9.59 Å². The number of nitrogens with zero attached hydrogens (tertiary/aromatic N) is 4. The van der Waals surface area contributed by atoms with Gasteiger partial charge >= 0.3 is 0 Å². The van der Waals surface area contributed by atoms with Crippen molar-refractivity contribution in [2.45, 2.75) is 37.3 Å². The maximum absolute atomic E-state index is 14.3. The number of aromatic nitrogens is 5. The first-order valence-electron chi connectivity index (χ1n) is 12.6. The summed E-state index contributed by atoms with van der Waals surface area (Å²) in [4.78, 5) is 28.5. The van der Waals surface area contributed by atoms with Crippen LogP contribution in [0.15, 0.2) is 42.6 Å². The number of hydrogen-bond acceptors (Lipinski definition) is 8. The molecule has 7 rings (SSSR count). The summed E-state index contributed by atoms with van der Waals surface area (Å²) < 4.78 is 14.5. The molecule has 4 heterocycles. The normalized spacial score (nSPS) is 20.6. The molecule has 2 N–H and O–H groups in total. The first kappa shape index (κ1) is 22.2. The van der Waals surface area contributed by atoms with E-state index in [2.05, 4.69) is 36.7 Å². The number of carbonyl (C=O) groups is 2. The van der Waals surface area contributed by atoms with E-state index < -0.39 is 11.5 Å². The van der Waals surface area contributed by atoms with Gasteiger partial charge in [-0.1, -0.05) is 0 Å². The van der Waals surface area contributed by atoms with Gasteiger partial charge in [-0.25, -0.2) is 5.10 Å². The molecule has 2 aliphatic heterocycles. The fourth-order valence-corrected chi connectivity index (χ4v) is 5.89. The van der Waals surface area contributed by atoms with Gasteiger partial charge in [0.25, 0.3) is 0 Å². The van der Waals surface area contributed by atoms with Crippen LogP contribution in [0.25, 0.3) is 22.3 Å². The Morgan fingerprint density at radius 3 is 2.73 bits per heavy atom. The monoisotopic (exact) mass is 498 g/mol. The summed E-state index contributed by atoms with van der Waals surface area (Å²) in [5.74, 6) is 0.104. The third kappa shape index (κ3) is 3.46. The number of methoxy groups -OCH3 is 1. The van der Waals surface area contributed by atoms with E-state index in [1.54, 1.807) is 25.3 Å². The van der Waals surface area contributed by atoms with Crippen LogP contribution in [0.5, 0.6) is 11.5 Å². The highest BCUT2D eigenvalue weighted by atomic mass is 16.5. The molecule has 2 fully saturated rings. The quantitative estimate of drug-likeness (QED) is 0.317. The standard InChI is InChI=1S/C27H26N6O4/c1-36-22-14-16(13-20-18(22)6-11-33(20)17-3-4-17)24(34)23-25(35)19-12-15(26-29-31-32-30-26)2-5-21(19)37-27(23)7-9-28-10-8-27/h2,5-6,11-14,17,23,28H,3-4,7-10H2,1H3,(H,29,30,31,32)/t23-/m1/s1. The van der Waals surface area contributed by atoms with Crippen LogP contribution < -0.4 is 14.8 Å². The smallest absolute Gasteiger partial charge is 0.181 e. The van der Waals surface area contributed by atoms with Gasteiger partial charge in [0.1, 0.15) is 23.0 Å². The molecule has 1 atom stereocenters. The Balaban J connectivity index is 1.35. The van der Waals surface area contributed by atoms with Crippen LogP contribution in [0.3, 0.4) is 0 Å². The van der Waals surface area contributed by atoms with Crippen molar-refractivity contribution in [3.63, 3.8) is 0 Å². The van der Waals surface area contributed by atoms with E-state index in [1.807, 2.05) is 18.2 Å². The summed E-state index contributed by atoms with van der Waals surface area (Å²) in [7, 11) is 1.61. The zero-order chi connectivity index (χ0) is 25.1. The molecule has 10 heteroatoms. The van der Waals surface area contributed by atoms with E-state index in [0.29, 0.717) is 66.0 Å². The van der Waals surface area contributed by atoms with Crippen LogP contribution in [0.2, 0.25) is 0 Å². The van der Waals surface area contributed by atoms with Gasteiger partial charge in [0, 0.05) is 41.6 Å². The van der Waals surface area contributed by atoms with E-state index in [1.165, 1.54) is 0 Å².